The van der Waals surface area contributed by atoms with Gasteiger partial charge in [0, 0.05) is 24.7 Å². The molecule has 1 amide bonds. The fourth-order valence-electron chi connectivity index (χ4n) is 3.01. The van der Waals surface area contributed by atoms with Crippen LogP contribution in [0.25, 0.3) is 10.9 Å². The third kappa shape index (κ3) is 1.52. The van der Waals surface area contributed by atoms with E-state index in [9.17, 15) is 14.4 Å². The zero-order chi connectivity index (χ0) is 14.6. The summed E-state index contributed by atoms with van der Waals surface area (Å²) in [5.74, 6) is -0.696. The van der Waals surface area contributed by atoms with E-state index in [4.69, 9.17) is 5.73 Å². The second-order valence-electron chi connectivity index (χ2n) is 5.21. The molecular weight excluding hydrogens is 256 g/mol. The van der Waals surface area contributed by atoms with Crippen LogP contribution in [0.4, 0.5) is 0 Å². The van der Waals surface area contributed by atoms with E-state index < -0.39 is 11.3 Å². The number of aryl methyl sites for hydroxylation is 3. The van der Waals surface area contributed by atoms with Crippen LogP contribution in [-0.2, 0) is 6.54 Å². The van der Waals surface area contributed by atoms with Gasteiger partial charge in [-0.15, -0.1) is 0 Å². The monoisotopic (exact) mass is 270 g/mol. The Morgan fingerprint density at radius 3 is 2.60 bits per heavy atom. The molecule has 1 aliphatic rings. The number of hydrogen-bond donors (Lipinski definition) is 1. The summed E-state index contributed by atoms with van der Waals surface area (Å²) in [7, 11) is 0. The minimum atomic E-state index is -0.737. The summed E-state index contributed by atoms with van der Waals surface area (Å²) < 4.78 is 1.80. The van der Waals surface area contributed by atoms with Gasteiger partial charge in [-0.05, 0) is 25.0 Å². The summed E-state index contributed by atoms with van der Waals surface area (Å²) in [4.78, 5) is 36.0. The topological polar surface area (TPSA) is 82.2 Å². The molecule has 0 atom stereocenters. The fraction of sp³-hybridized carbons (Fsp3) is 0.267. The van der Waals surface area contributed by atoms with Gasteiger partial charge < -0.3 is 10.3 Å². The summed E-state index contributed by atoms with van der Waals surface area (Å²) >= 11 is 0. The highest BCUT2D eigenvalue weighted by molar-refractivity contribution is 6.11. The van der Waals surface area contributed by atoms with E-state index in [2.05, 4.69) is 0 Å². The first-order valence-electron chi connectivity index (χ1n) is 6.42. The third-order valence-electron chi connectivity index (χ3n) is 3.86. The minimum Gasteiger partial charge on any atom is -0.365 e. The van der Waals surface area contributed by atoms with Gasteiger partial charge in [0.05, 0.1) is 10.9 Å². The molecule has 0 aliphatic carbocycles. The molecule has 1 aromatic heterocycles. The number of benzene rings is 1. The Hall–Kier alpha value is -2.43. The van der Waals surface area contributed by atoms with Gasteiger partial charge in [-0.1, -0.05) is 6.07 Å². The van der Waals surface area contributed by atoms with Crippen molar-refractivity contribution in [2.24, 2.45) is 5.73 Å². The molecule has 0 saturated carbocycles. The highest BCUT2D eigenvalue weighted by Gasteiger charge is 2.25. The molecule has 0 unspecified atom stereocenters. The maximum atomic E-state index is 12.4. The summed E-state index contributed by atoms with van der Waals surface area (Å²) in [6.07, 6.45) is 1.84. The lowest BCUT2D eigenvalue weighted by Gasteiger charge is -2.22. The Labute approximate surface area is 115 Å². The van der Waals surface area contributed by atoms with Crippen molar-refractivity contribution in [3.05, 3.63) is 44.7 Å². The van der Waals surface area contributed by atoms with Gasteiger partial charge in [-0.2, -0.15) is 0 Å². The van der Waals surface area contributed by atoms with E-state index in [1.54, 1.807) is 4.57 Å². The van der Waals surface area contributed by atoms with E-state index in [0.717, 1.165) is 11.1 Å². The number of rotatable bonds is 1. The largest absolute Gasteiger partial charge is 0.365 e. The number of aromatic nitrogens is 1. The quantitative estimate of drug-likeness (QED) is 0.848. The number of primary amides is 1. The standard InChI is InChI=1S/C15H14N2O3/c1-7-5-8(2)12-13-11(7)10(18)3-4-17(13)6-9(14(12)19)15(16)20/h5-6H,3-4H2,1-2H3,(H2,16,20). The molecule has 0 radical (unpaired) electrons. The smallest absolute Gasteiger partial charge is 0.254 e. The maximum absolute atomic E-state index is 12.4. The number of hydrogen-bond acceptors (Lipinski definition) is 3. The molecule has 0 fully saturated rings. The summed E-state index contributed by atoms with van der Waals surface area (Å²) in [6.45, 7) is 4.13. The molecule has 5 nitrogen and oxygen atoms in total. The Balaban J connectivity index is 2.62. The van der Waals surface area contributed by atoms with Crippen molar-refractivity contribution < 1.29 is 9.59 Å². The SMILES string of the molecule is Cc1cc(C)c2c(=O)c(C(N)=O)cn3c2c1C(=O)CC3. The highest BCUT2D eigenvalue weighted by atomic mass is 16.2. The molecule has 2 aromatic rings. The second-order valence-corrected chi connectivity index (χ2v) is 5.21. The zero-order valence-electron chi connectivity index (χ0n) is 11.3. The van der Waals surface area contributed by atoms with E-state index >= 15 is 0 Å². The molecule has 2 heterocycles. The molecule has 1 aliphatic heterocycles. The van der Waals surface area contributed by atoms with Crippen molar-refractivity contribution in [3.63, 3.8) is 0 Å². The number of nitrogens with zero attached hydrogens (tertiary/aromatic N) is 1. The van der Waals surface area contributed by atoms with Crippen molar-refractivity contribution in [2.75, 3.05) is 0 Å². The normalized spacial score (nSPS) is 13.8. The average Bonchev–Trinajstić information content (AvgIpc) is 2.36. The number of amides is 1. The number of Topliss-reactive ketones (excluding diaryl/α,β-unsaturated/α-hetero) is 1. The summed E-state index contributed by atoms with van der Waals surface area (Å²) in [6, 6.07) is 1.82. The molecule has 5 heteroatoms. The molecule has 0 spiro atoms. The first kappa shape index (κ1) is 12.6. The van der Waals surface area contributed by atoms with Crippen LogP contribution in [0.1, 0.15) is 38.3 Å². The Morgan fingerprint density at radius 1 is 1.25 bits per heavy atom. The molecule has 20 heavy (non-hydrogen) atoms. The van der Waals surface area contributed by atoms with Crippen LogP contribution >= 0.6 is 0 Å². The van der Waals surface area contributed by atoms with Crippen LogP contribution in [0, 0.1) is 13.8 Å². The number of carbonyl (C=O) groups is 2. The number of carbonyl (C=O) groups excluding carboxylic acids is 2. The Bertz CT molecular complexity index is 847. The predicted molar refractivity (Wildman–Crippen MR) is 75.1 cm³/mol. The Kier molecular flexibility index (Phi) is 2.54. The lowest BCUT2D eigenvalue weighted by molar-refractivity contribution is 0.0972. The van der Waals surface area contributed by atoms with Crippen LogP contribution < -0.4 is 11.2 Å². The fourth-order valence-corrected chi connectivity index (χ4v) is 3.01. The number of nitrogens with two attached hydrogens (primary N) is 1. The van der Waals surface area contributed by atoms with Gasteiger partial charge in [0.2, 0.25) is 5.43 Å². The maximum Gasteiger partial charge on any atom is 0.254 e. The first-order valence-corrected chi connectivity index (χ1v) is 6.42. The molecule has 102 valence electrons. The van der Waals surface area contributed by atoms with Crippen molar-refractivity contribution in [1.82, 2.24) is 4.57 Å². The van der Waals surface area contributed by atoms with Gasteiger partial charge >= 0.3 is 0 Å². The van der Waals surface area contributed by atoms with Gasteiger partial charge in [0.1, 0.15) is 5.56 Å². The zero-order valence-corrected chi connectivity index (χ0v) is 11.3. The van der Waals surface area contributed by atoms with Crippen LogP contribution in [0.3, 0.4) is 0 Å². The molecule has 1 aromatic carbocycles. The first-order chi connectivity index (χ1) is 9.41. The van der Waals surface area contributed by atoms with Crippen molar-refractivity contribution in [2.45, 2.75) is 26.8 Å². The van der Waals surface area contributed by atoms with Crippen LogP contribution in [0.2, 0.25) is 0 Å². The highest BCUT2D eigenvalue weighted by Crippen LogP contribution is 2.28. The van der Waals surface area contributed by atoms with Gasteiger partial charge in [-0.3, -0.25) is 14.4 Å². The van der Waals surface area contributed by atoms with E-state index in [1.807, 2.05) is 19.9 Å². The lowest BCUT2D eigenvalue weighted by Crippen LogP contribution is -2.28. The van der Waals surface area contributed by atoms with Gasteiger partial charge in [0.25, 0.3) is 5.91 Å². The van der Waals surface area contributed by atoms with E-state index in [-0.39, 0.29) is 11.3 Å². The van der Waals surface area contributed by atoms with Crippen molar-refractivity contribution >= 4 is 22.6 Å². The number of ketones is 1. The molecular formula is C15H14N2O3. The Morgan fingerprint density at radius 2 is 1.95 bits per heavy atom. The van der Waals surface area contributed by atoms with Gasteiger partial charge in [0.15, 0.2) is 5.78 Å². The predicted octanol–water partition coefficient (Wildman–Crippen LogP) is 1.30. The summed E-state index contributed by atoms with van der Waals surface area (Å²) in [5.41, 5.74) is 7.70. The second kappa shape index (κ2) is 4.03. The number of pyridine rings is 1. The van der Waals surface area contributed by atoms with Crippen LogP contribution in [-0.4, -0.2) is 16.3 Å². The molecule has 2 N–H and O–H groups in total. The van der Waals surface area contributed by atoms with E-state index in [1.165, 1.54) is 6.20 Å². The lowest BCUT2D eigenvalue weighted by atomic mass is 9.92. The molecule has 3 rings (SSSR count). The average molecular weight is 270 g/mol. The summed E-state index contributed by atoms with van der Waals surface area (Å²) in [5, 5.41) is 0.426. The van der Waals surface area contributed by atoms with Crippen LogP contribution in [0.5, 0.6) is 0 Å². The van der Waals surface area contributed by atoms with Gasteiger partial charge in [-0.25, -0.2) is 0 Å². The van der Waals surface area contributed by atoms with Crippen LogP contribution in [0.15, 0.2) is 17.1 Å². The third-order valence-corrected chi connectivity index (χ3v) is 3.86. The minimum absolute atomic E-state index is 0.0234. The molecule has 0 saturated heterocycles. The molecule has 0 bridgehead atoms. The van der Waals surface area contributed by atoms with Crippen molar-refractivity contribution in [1.29, 1.82) is 0 Å². The van der Waals surface area contributed by atoms with Crippen molar-refractivity contribution in [3.8, 4) is 0 Å². The van der Waals surface area contributed by atoms with E-state index in [0.29, 0.717) is 29.4 Å².